The first-order valence-corrected chi connectivity index (χ1v) is 20.6. The van der Waals surface area contributed by atoms with Crippen LogP contribution in [0.25, 0.3) is 0 Å². The molecule has 7 atom stereocenters. The number of hydrogen-bond donors (Lipinski definition) is 6. The minimum Gasteiger partial charge on any atom is -0.381 e. The van der Waals surface area contributed by atoms with Gasteiger partial charge in [0, 0.05) is 18.8 Å². The predicted octanol–water partition coefficient (Wildman–Crippen LogP) is 2.37. The number of benzene rings is 1. The summed E-state index contributed by atoms with van der Waals surface area (Å²) in [6, 6.07) is 4.74. The summed E-state index contributed by atoms with van der Waals surface area (Å²) >= 11 is 1.32. The van der Waals surface area contributed by atoms with Gasteiger partial charge in [0.15, 0.2) is 6.10 Å². The zero-order chi connectivity index (χ0) is 40.6. The lowest BCUT2D eigenvalue weighted by Gasteiger charge is -2.38. The van der Waals surface area contributed by atoms with Crippen molar-refractivity contribution in [2.75, 3.05) is 12.3 Å². The number of aromatic nitrogens is 2. The van der Waals surface area contributed by atoms with Gasteiger partial charge in [-0.25, -0.2) is 4.98 Å². The Morgan fingerprint density at radius 3 is 2.32 bits per heavy atom. The molecule has 304 valence electrons. The number of carbonyl (C=O) groups is 6. The lowest BCUT2D eigenvalue weighted by Crippen LogP contribution is -2.62. The van der Waals surface area contributed by atoms with Crippen molar-refractivity contribution in [2.45, 2.75) is 127 Å². The molecule has 3 aliphatic rings. The molecule has 1 aromatic carbocycles. The zero-order valence-electron chi connectivity index (χ0n) is 32.9. The molecular weight excluding hydrogens is 737 g/mol. The molecule has 56 heavy (non-hydrogen) atoms. The molecule has 16 heteroatoms. The highest BCUT2D eigenvalue weighted by molar-refractivity contribution is 8.01. The van der Waals surface area contributed by atoms with Gasteiger partial charge >= 0.3 is 0 Å². The van der Waals surface area contributed by atoms with Crippen LogP contribution in [0.1, 0.15) is 108 Å². The van der Waals surface area contributed by atoms with E-state index in [1.54, 1.807) is 27.7 Å². The highest BCUT2D eigenvalue weighted by Crippen LogP contribution is 2.41. The van der Waals surface area contributed by atoms with Crippen LogP contribution in [0.15, 0.2) is 48.9 Å². The molecule has 4 unspecified atom stereocenters. The Morgan fingerprint density at radius 1 is 1.00 bits per heavy atom. The molecule has 1 aliphatic carbocycles. The quantitative estimate of drug-likeness (QED) is 0.165. The maximum absolute atomic E-state index is 14.8. The molecule has 6 amide bonds. The van der Waals surface area contributed by atoms with E-state index in [9.17, 15) is 33.9 Å². The lowest BCUT2D eigenvalue weighted by molar-refractivity contribution is -0.145. The highest BCUT2D eigenvalue weighted by atomic mass is 32.2. The SMILES string of the molecule is CCCC(NC(=O)[C@@H]1CC2(CN1C(=O)C(NC(=O)[C@@H](NC(=O)c1cnccn1)C1CCCCC1)C(C)(C)C)NC(=O)CS2)C(O)C(=O)N[C@@H](C)c1ccccc1. The molecule has 3 fully saturated rings. The van der Waals surface area contributed by atoms with Gasteiger partial charge in [-0.1, -0.05) is 83.7 Å². The molecule has 5 rings (SSSR count). The number of amides is 6. The van der Waals surface area contributed by atoms with Crippen molar-refractivity contribution in [1.82, 2.24) is 41.5 Å². The van der Waals surface area contributed by atoms with Crippen LogP contribution >= 0.6 is 11.8 Å². The minimum absolute atomic E-state index is 0.00564. The molecular formula is C40H56N8O7S. The minimum atomic E-state index is -1.58. The summed E-state index contributed by atoms with van der Waals surface area (Å²) < 4.78 is 0. The molecule has 0 bridgehead atoms. The van der Waals surface area contributed by atoms with Gasteiger partial charge in [0.2, 0.25) is 23.6 Å². The molecule has 3 heterocycles. The summed E-state index contributed by atoms with van der Waals surface area (Å²) in [6.45, 7) is 9.08. The Morgan fingerprint density at radius 2 is 1.71 bits per heavy atom. The second-order valence-corrected chi connectivity index (χ2v) is 17.6. The first kappa shape index (κ1) is 42.6. The molecule has 1 aromatic heterocycles. The van der Waals surface area contributed by atoms with Gasteiger partial charge in [0.25, 0.3) is 11.8 Å². The third kappa shape index (κ3) is 10.4. The van der Waals surface area contributed by atoms with E-state index in [1.165, 1.54) is 35.3 Å². The summed E-state index contributed by atoms with van der Waals surface area (Å²) in [5.41, 5.74) is 0.0615. The normalized spacial score (nSPS) is 22.6. The van der Waals surface area contributed by atoms with Crippen molar-refractivity contribution in [3.63, 3.8) is 0 Å². The maximum atomic E-state index is 14.8. The van der Waals surface area contributed by atoms with Crippen molar-refractivity contribution < 1.29 is 33.9 Å². The molecule has 2 aromatic rings. The largest absolute Gasteiger partial charge is 0.381 e. The lowest BCUT2D eigenvalue weighted by atomic mass is 9.82. The average molecular weight is 793 g/mol. The highest BCUT2D eigenvalue weighted by Gasteiger charge is 2.55. The molecule has 0 radical (unpaired) electrons. The van der Waals surface area contributed by atoms with Crippen LogP contribution in [0.5, 0.6) is 0 Å². The third-order valence-electron chi connectivity index (χ3n) is 10.9. The maximum Gasteiger partial charge on any atom is 0.272 e. The number of nitrogens with zero attached hydrogens (tertiary/aromatic N) is 3. The van der Waals surface area contributed by atoms with Gasteiger partial charge in [-0.15, -0.1) is 11.8 Å². The number of aliphatic hydroxyl groups is 1. The van der Waals surface area contributed by atoms with Crippen LogP contribution < -0.4 is 26.6 Å². The van der Waals surface area contributed by atoms with Crippen molar-refractivity contribution in [3.05, 3.63) is 60.2 Å². The number of hydrogen-bond acceptors (Lipinski definition) is 10. The number of aliphatic hydroxyl groups excluding tert-OH is 1. The number of carbonyl (C=O) groups excluding carboxylic acids is 6. The van der Waals surface area contributed by atoms with Crippen molar-refractivity contribution in [1.29, 1.82) is 0 Å². The molecule has 15 nitrogen and oxygen atoms in total. The molecule has 1 spiro atoms. The summed E-state index contributed by atoms with van der Waals surface area (Å²) in [7, 11) is 0. The monoisotopic (exact) mass is 792 g/mol. The fourth-order valence-corrected chi connectivity index (χ4v) is 8.98. The Labute approximate surface area is 332 Å². The Balaban J connectivity index is 1.37. The fraction of sp³-hybridized carbons (Fsp3) is 0.600. The van der Waals surface area contributed by atoms with Gasteiger partial charge in [0.05, 0.1) is 30.6 Å². The van der Waals surface area contributed by atoms with Gasteiger partial charge < -0.3 is 36.6 Å². The Bertz CT molecular complexity index is 1720. The topological polar surface area (TPSA) is 212 Å². The molecule has 2 saturated heterocycles. The summed E-state index contributed by atoms with van der Waals surface area (Å²) in [4.78, 5) is 90.9. The van der Waals surface area contributed by atoms with E-state index in [0.717, 1.165) is 37.7 Å². The summed E-state index contributed by atoms with van der Waals surface area (Å²) in [6.07, 6.45) is 7.73. The number of likely N-dealkylation sites (tertiary alicyclic amines) is 1. The number of thioether (sulfide) groups is 1. The third-order valence-corrected chi connectivity index (χ3v) is 12.2. The second kappa shape index (κ2) is 18.6. The first-order chi connectivity index (χ1) is 26.6. The molecule has 2 aliphatic heterocycles. The standard InChI is InChI=1S/C40H56N8O7S/c1-6-13-27(32(50)37(54)43-24(2)25-14-9-7-10-15-25)44-35(52)29-20-40(47-30(49)22-56-40)23-48(29)38(55)33(39(3,4)5)46-36(53)31(26-16-11-8-12-17-26)45-34(51)28-21-41-18-19-42-28/h7,9-10,14-15,18-19,21,24,26-27,29,31-33,50H,6,8,11-13,16-17,20,22-23H2,1-5H3,(H,43,54)(H,44,52)(H,45,51)(H,46,53)(H,47,49)/t24-,27?,29-,31-,32?,33?,40?/m0/s1. The van der Waals surface area contributed by atoms with E-state index in [2.05, 4.69) is 36.6 Å². The number of rotatable bonds is 14. The fourth-order valence-electron chi connectivity index (χ4n) is 7.81. The van der Waals surface area contributed by atoms with Gasteiger partial charge in [-0.3, -0.25) is 33.8 Å². The zero-order valence-corrected chi connectivity index (χ0v) is 33.7. The van der Waals surface area contributed by atoms with Crippen LogP contribution in [-0.2, 0) is 24.0 Å². The van der Waals surface area contributed by atoms with Crippen LogP contribution in [0.4, 0.5) is 0 Å². The van der Waals surface area contributed by atoms with E-state index < -0.39 is 76.1 Å². The van der Waals surface area contributed by atoms with Crippen molar-refractivity contribution in [2.24, 2.45) is 11.3 Å². The van der Waals surface area contributed by atoms with Gasteiger partial charge in [0.1, 0.15) is 28.7 Å². The van der Waals surface area contributed by atoms with E-state index in [1.807, 2.05) is 37.3 Å². The summed E-state index contributed by atoms with van der Waals surface area (Å²) in [5, 5.41) is 25.7. The van der Waals surface area contributed by atoms with E-state index in [4.69, 9.17) is 0 Å². The average Bonchev–Trinajstić information content (AvgIpc) is 3.76. The van der Waals surface area contributed by atoms with Crippen LogP contribution in [0.3, 0.4) is 0 Å². The molecule has 1 saturated carbocycles. The van der Waals surface area contributed by atoms with Crippen LogP contribution in [-0.4, -0.2) is 103 Å². The van der Waals surface area contributed by atoms with E-state index >= 15 is 0 Å². The van der Waals surface area contributed by atoms with Crippen LogP contribution in [0.2, 0.25) is 0 Å². The van der Waals surface area contributed by atoms with Gasteiger partial charge in [-0.05, 0) is 43.1 Å². The van der Waals surface area contributed by atoms with Crippen molar-refractivity contribution >= 4 is 47.2 Å². The Kier molecular flexibility index (Phi) is 14.1. The van der Waals surface area contributed by atoms with Crippen molar-refractivity contribution in [3.8, 4) is 0 Å². The summed E-state index contributed by atoms with van der Waals surface area (Å²) in [5.74, 6) is -3.09. The first-order valence-electron chi connectivity index (χ1n) is 19.6. The van der Waals surface area contributed by atoms with E-state index in [-0.39, 0.29) is 42.7 Å². The predicted molar refractivity (Wildman–Crippen MR) is 211 cm³/mol. The second-order valence-electron chi connectivity index (χ2n) is 16.3. The molecule has 6 N–H and O–H groups in total. The van der Waals surface area contributed by atoms with Gasteiger partial charge in [-0.2, -0.15) is 0 Å². The smallest absolute Gasteiger partial charge is 0.272 e. The Hall–Kier alpha value is -4.57. The van der Waals surface area contributed by atoms with Crippen LogP contribution in [0, 0.1) is 11.3 Å². The van der Waals surface area contributed by atoms with E-state index in [0.29, 0.717) is 6.42 Å². The number of nitrogens with one attached hydrogen (secondary N) is 5.